The Labute approximate surface area is 147 Å². The lowest BCUT2D eigenvalue weighted by Gasteiger charge is -2.22. The number of carbonyl (C=O) groups is 2. The average Bonchev–Trinajstić information content (AvgIpc) is 3.08. The van der Waals surface area contributed by atoms with Crippen LogP contribution in [0.25, 0.3) is 0 Å². The van der Waals surface area contributed by atoms with Gasteiger partial charge in [-0.3, -0.25) is 9.59 Å². The highest BCUT2D eigenvalue weighted by molar-refractivity contribution is 7.07. The fourth-order valence-corrected chi connectivity index (χ4v) is 3.19. The molecule has 0 aliphatic carbocycles. The first kappa shape index (κ1) is 18.2. The number of aryl methyl sites for hydroxylation is 2. The summed E-state index contributed by atoms with van der Waals surface area (Å²) in [7, 11) is 0. The summed E-state index contributed by atoms with van der Waals surface area (Å²) in [6, 6.07) is 9.68. The van der Waals surface area contributed by atoms with Crippen molar-refractivity contribution in [3.8, 4) is 0 Å². The van der Waals surface area contributed by atoms with E-state index >= 15 is 0 Å². The molecule has 0 fully saturated rings. The van der Waals surface area contributed by atoms with Crippen molar-refractivity contribution in [2.24, 2.45) is 0 Å². The number of thiophene rings is 1. The van der Waals surface area contributed by atoms with Crippen LogP contribution >= 0.6 is 11.3 Å². The molecule has 0 atom stereocenters. The molecule has 5 heteroatoms. The zero-order valence-electron chi connectivity index (χ0n) is 14.2. The van der Waals surface area contributed by atoms with Gasteiger partial charge in [0.1, 0.15) is 0 Å². The summed E-state index contributed by atoms with van der Waals surface area (Å²) in [5.74, 6) is -0.121. The number of hydrogen-bond acceptors (Lipinski definition) is 3. The molecule has 1 heterocycles. The van der Waals surface area contributed by atoms with Gasteiger partial charge in [0, 0.05) is 18.7 Å². The fourth-order valence-electron chi connectivity index (χ4n) is 2.48. The minimum Gasteiger partial charge on any atom is -0.333 e. The molecule has 0 saturated carbocycles. The van der Waals surface area contributed by atoms with Gasteiger partial charge in [-0.2, -0.15) is 11.3 Å². The first-order valence-corrected chi connectivity index (χ1v) is 9.18. The number of nitrogens with zero attached hydrogens (tertiary/aromatic N) is 1. The second kappa shape index (κ2) is 9.23. The molecule has 0 aliphatic heterocycles. The van der Waals surface area contributed by atoms with Crippen LogP contribution in [0.2, 0.25) is 0 Å². The molecule has 1 aromatic heterocycles. The van der Waals surface area contributed by atoms with Gasteiger partial charge in [-0.25, -0.2) is 0 Å². The van der Waals surface area contributed by atoms with Gasteiger partial charge >= 0.3 is 0 Å². The third kappa shape index (κ3) is 5.49. The predicted molar refractivity (Wildman–Crippen MR) is 99.3 cm³/mol. The molecular formula is C19H24N2O2S. The molecular weight excluding hydrogens is 320 g/mol. The normalized spacial score (nSPS) is 10.4. The van der Waals surface area contributed by atoms with Crippen LogP contribution in [0.15, 0.2) is 41.1 Å². The standard InChI is InChI=1S/C19H24N2O2S/c1-3-11-21(19(23)9-8-16-10-12-24-14-16)13-18(22)20-17-7-5-4-6-15(17)2/h4-7,10,12,14H,3,8-9,11,13H2,1-2H3,(H,20,22). The van der Waals surface area contributed by atoms with E-state index in [2.05, 4.69) is 10.7 Å². The molecule has 0 bridgehead atoms. The van der Waals surface area contributed by atoms with Crippen LogP contribution in [0.3, 0.4) is 0 Å². The van der Waals surface area contributed by atoms with Crippen molar-refractivity contribution in [1.82, 2.24) is 4.90 Å². The van der Waals surface area contributed by atoms with E-state index in [1.165, 1.54) is 5.56 Å². The highest BCUT2D eigenvalue weighted by Crippen LogP contribution is 2.13. The summed E-state index contributed by atoms with van der Waals surface area (Å²) < 4.78 is 0. The van der Waals surface area contributed by atoms with Crippen LogP contribution in [-0.2, 0) is 16.0 Å². The van der Waals surface area contributed by atoms with Crippen molar-refractivity contribution in [3.63, 3.8) is 0 Å². The third-order valence-corrected chi connectivity index (χ3v) is 4.54. The Bertz CT molecular complexity index is 668. The van der Waals surface area contributed by atoms with Gasteiger partial charge in [0.15, 0.2) is 0 Å². The summed E-state index contributed by atoms with van der Waals surface area (Å²) in [5.41, 5.74) is 2.98. The molecule has 0 saturated heterocycles. The molecule has 0 unspecified atom stereocenters. The lowest BCUT2D eigenvalue weighted by atomic mass is 10.1. The number of nitrogens with one attached hydrogen (secondary N) is 1. The van der Waals surface area contributed by atoms with Crippen LogP contribution in [0.4, 0.5) is 5.69 Å². The van der Waals surface area contributed by atoms with E-state index in [0.717, 1.165) is 24.1 Å². The SMILES string of the molecule is CCCN(CC(=O)Nc1ccccc1C)C(=O)CCc1ccsc1. The predicted octanol–water partition coefficient (Wildman–Crippen LogP) is 3.87. The van der Waals surface area contributed by atoms with Crippen LogP contribution < -0.4 is 5.32 Å². The Hall–Kier alpha value is -2.14. The molecule has 1 aromatic carbocycles. The lowest BCUT2D eigenvalue weighted by Crippen LogP contribution is -2.38. The van der Waals surface area contributed by atoms with Gasteiger partial charge in [0.25, 0.3) is 0 Å². The van der Waals surface area contributed by atoms with Gasteiger partial charge in [-0.1, -0.05) is 25.1 Å². The maximum atomic E-state index is 12.4. The smallest absolute Gasteiger partial charge is 0.244 e. The van der Waals surface area contributed by atoms with E-state index in [9.17, 15) is 9.59 Å². The summed E-state index contributed by atoms with van der Waals surface area (Å²) >= 11 is 1.63. The van der Waals surface area contributed by atoms with E-state index in [-0.39, 0.29) is 18.4 Å². The molecule has 128 valence electrons. The number of rotatable bonds is 8. The van der Waals surface area contributed by atoms with Crippen LogP contribution in [-0.4, -0.2) is 29.8 Å². The fraction of sp³-hybridized carbons (Fsp3) is 0.368. The zero-order valence-corrected chi connectivity index (χ0v) is 15.1. The second-order valence-corrected chi connectivity index (χ2v) is 6.59. The van der Waals surface area contributed by atoms with Crippen molar-refractivity contribution in [3.05, 3.63) is 52.2 Å². The topological polar surface area (TPSA) is 49.4 Å². The summed E-state index contributed by atoms with van der Waals surface area (Å²) in [4.78, 5) is 26.4. The van der Waals surface area contributed by atoms with Gasteiger partial charge in [-0.15, -0.1) is 0 Å². The largest absolute Gasteiger partial charge is 0.333 e. The molecule has 0 radical (unpaired) electrons. The highest BCUT2D eigenvalue weighted by Gasteiger charge is 2.17. The highest BCUT2D eigenvalue weighted by atomic mass is 32.1. The minimum atomic E-state index is -0.151. The first-order valence-electron chi connectivity index (χ1n) is 8.24. The molecule has 4 nitrogen and oxygen atoms in total. The number of anilines is 1. The van der Waals surface area contributed by atoms with Gasteiger partial charge in [0.2, 0.25) is 11.8 Å². The van der Waals surface area contributed by atoms with E-state index in [4.69, 9.17) is 0 Å². The van der Waals surface area contributed by atoms with Crippen molar-refractivity contribution in [1.29, 1.82) is 0 Å². The second-order valence-electron chi connectivity index (χ2n) is 5.81. The molecule has 0 aliphatic rings. The zero-order chi connectivity index (χ0) is 17.4. The first-order chi connectivity index (χ1) is 11.6. The van der Waals surface area contributed by atoms with Gasteiger partial charge in [-0.05, 0) is 53.8 Å². The molecule has 1 N–H and O–H groups in total. The molecule has 2 amide bonds. The van der Waals surface area contributed by atoms with Gasteiger partial charge in [0.05, 0.1) is 6.54 Å². The van der Waals surface area contributed by atoms with Crippen LogP contribution in [0.1, 0.15) is 30.9 Å². The quantitative estimate of drug-likeness (QED) is 0.790. The van der Waals surface area contributed by atoms with E-state index < -0.39 is 0 Å². The number of benzene rings is 1. The number of hydrogen-bond donors (Lipinski definition) is 1. The molecule has 0 spiro atoms. The Morgan fingerprint density at radius 2 is 2.00 bits per heavy atom. The van der Waals surface area contributed by atoms with Crippen molar-refractivity contribution >= 4 is 28.8 Å². The minimum absolute atomic E-state index is 0.0305. The Morgan fingerprint density at radius 3 is 2.67 bits per heavy atom. The number of carbonyl (C=O) groups excluding carboxylic acids is 2. The van der Waals surface area contributed by atoms with Gasteiger partial charge < -0.3 is 10.2 Å². The summed E-state index contributed by atoms with van der Waals surface area (Å²) in [6.45, 7) is 4.66. The number of para-hydroxylation sites is 1. The van der Waals surface area contributed by atoms with Crippen LogP contribution in [0.5, 0.6) is 0 Å². The lowest BCUT2D eigenvalue weighted by molar-refractivity contribution is -0.134. The third-order valence-electron chi connectivity index (χ3n) is 3.81. The number of amides is 2. The average molecular weight is 344 g/mol. The maximum Gasteiger partial charge on any atom is 0.244 e. The van der Waals surface area contributed by atoms with Crippen molar-refractivity contribution in [2.75, 3.05) is 18.4 Å². The molecule has 2 aromatic rings. The summed E-state index contributed by atoms with van der Waals surface area (Å²) in [5, 5.41) is 6.96. The maximum absolute atomic E-state index is 12.4. The molecule has 24 heavy (non-hydrogen) atoms. The van der Waals surface area contributed by atoms with Crippen molar-refractivity contribution in [2.45, 2.75) is 33.1 Å². The van der Waals surface area contributed by atoms with E-state index in [0.29, 0.717) is 13.0 Å². The van der Waals surface area contributed by atoms with E-state index in [1.807, 2.05) is 49.6 Å². The van der Waals surface area contributed by atoms with E-state index in [1.54, 1.807) is 16.2 Å². The van der Waals surface area contributed by atoms with Crippen LogP contribution in [0, 0.1) is 6.92 Å². The Morgan fingerprint density at radius 1 is 1.21 bits per heavy atom. The monoisotopic (exact) mass is 344 g/mol. The van der Waals surface area contributed by atoms with Crippen molar-refractivity contribution < 1.29 is 9.59 Å². The Balaban J connectivity index is 1.90. The Kier molecular flexibility index (Phi) is 7.00. The summed E-state index contributed by atoms with van der Waals surface area (Å²) in [6.07, 6.45) is 2.00. The molecule has 2 rings (SSSR count).